The van der Waals surface area contributed by atoms with Gasteiger partial charge in [-0.15, -0.1) is 0 Å². The quantitative estimate of drug-likeness (QED) is 0.790. The minimum Gasteiger partial charge on any atom is -0.382 e. The number of hydrogen-bond donors (Lipinski definition) is 1. The van der Waals surface area contributed by atoms with E-state index in [1.807, 2.05) is 6.07 Å². The number of aliphatic hydroxyl groups is 1. The van der Waals surface area contributed by atoms with Gasteiger partial charge in [0.2, 0.25) is 0 Å². The maximum Gasteiger partial charge on any atom is 0.159 e. The summed E-state index contributed by atoms with van der Waals surface area (Å²) in [6.45, 7) is 4.15. The van der Waals surface area contributed by atoms with Gasteiger partial charge in [-0.1, -0.05) is 0 Å². The average molecular weight is 312 g/mol. The zero-order valence-electron chi connectivity index (χ0n) is 13.0. The Hall–Kier alpha value is -2.34. The minimum absolute atomic E-state index is 0.313. The van der Waals surface area contributed by atoms with E-state index in [1.165, 1.54) is 6.07 Å². The highest BCUT2D eigenvalue weighted by Gasteiger charge is 2.21. The zero-order chi connectivity index (χ0) is 16.2. The van der Waals surface area contributed by atoms with Gasteiger partial charge in [0.15, 0.2) is 5.82 Å². The summed E-state index contributed by atoms with van der Waals surface area (Å²) in [5.74, 6) is 0.993. The molecule has 118 valence electrons. The van der Waals surface area contributed by atoms with Crippen molar-refractivity contribution in [1.82, 2.24) is 19.5 Å². The van der Waals surface area contributed by atoms with Crippen molar-refractivity contribution in [3.8, 4) is 11.1 Å². The molecule has 0 saturated heterocycles. The molecule has 1 N–H and O–H groups in total. The van der Waals surface area contributed by atoms with Gasteiger partial charge in [0, 0.05) is 42.6 Å². The van der Waals surface area contributed by atoms with E-state index in [4.69, 9.17) is 0 Å². The first kappa shape index (κ1) is 14.3. The molecule has 2 aromatic heterocycles. The molecule has 0 aliphatic carbocycles. The Kier molecular flexibility index (Phi) is 2.99. The molecule has 23 heavy (non-hydrogen) atoms. The number of hydrogen-bond acceptors (Lipinski definition) is 4. The van der Waals surface area contributed by atoms with Crippen molar-refractivity contribution in [2.75, 3.05) is 0 Å². The molecular weight excluding hydrogens is 295 g/mol. The Balaban J connectivity index is 1.83. The van der Waals surface area contributed by atoms with Crippen LogP contribution in [0.2, 0.25) is 0 Å². The van der Waals surface area contributed by atoms with Crippen molar-refractivity contribution < 1.29 is 9.50 Å². The zero-order valence-corrected chi connectivity index (χ0v) is 13.0. The third-order valence-corrected chi connectivity index (χ3v) is 4.21. The number of halogens is 1. The average Bonchev–Trinajstić information content (AvgIpc) is 3.06. The fourth-order valence-electron chi connectivity index (χ4n) is 3.04. The van der Waals surface area contributed by atoms with E-state index in [1.54, 1.807) is 26.2 Å². The van der Waals surface area contributed by atoms with E-state index in [-0.39, 0.29) is 5.82 Å². The fourth-order valence-corrected chi connectivity index (χ4v) is 3.04. The van der Waals surface area contributed by atoms with Crippen molar-refractivity contribution in [1.29, 1.82) is 0 Å². The Morgan fingerprint density at radius 2 is 1.96 bits per heavy atom. The van der Waals surface area contributed by atoms with Gasteiger partial charge in [0.05, 0.1) is 11.0 Å². The van der Waals surface area contributed by atoms with Gasteiger partial charge < -0.3 is 9.67 Å². The van der Waals surface area contributed by atoms with Gasteiger partial charge in [-0.05, 0) is 26.3 Å². The van der Waals surface area contributed by atoms with Crippen LogP contribution in [0.3, 0.4) is 0 Å². The van der Waals surface area contributed by atoms with Crippen LogP contribution in [0.4, 0.5) is 4.39 Å². The van der Waals surface area contributed by atoms with Crippen LogP contribution >= 0.6 is 0 Å². The van der Waals surface area contributed by atoms with Crippen molar-refractivity contribution >= 4 is 11.0 Å². The second kappa shape index (κ2) is 4.83. The number of fused-ring (bicyclic) bond motifs is 3. The summed E-state index contributed by atoms with van der Waals surface area (Å²) in [4.78, 5) is 12.8. The summed E-state index contributed by atoms with van der Waals surface area (Å²) in [6, 6.07) is 3.29. The molecule has 3 aromatic rings. The summed E-state index contributed by atoms with van der Waals surface area (Å²) >= 11 is 0. The van der Waals surface area contributed by atoms with E-state index >= 15 is 0 Å². The molecule has 1 aliphatic heterocycles. The van der Waals surface area contributed by atoms with Crippen molar-refractivity contribution in [2.45, 2.75) is 38.8 Å². The monoisotopic (exact) mass is 312 g/mol. The highest BCUT2D eigenvalue weighted by Crippen LogP contribution is 2.30. The topological polar surface area (TPSA) is 63.8 Å². The molecule has 0 saturated carbocycles. The molecule has 0 radical (unpaired) electrons. The molecule has 0 spiro atoms. The summed E-state index contributed by atoms with van der Waals surface area (Å²) in [7, 11) is 0. The molecule has 0 atom stereocenters. The predicted molar refractivity (Wildman–Crippen MR) is 84.3 cm³/mol. The first-order valence-corrected chi connectivity index (χ1v) is 7.67. The lowest BCUT2D eigenvalue weighted by Crippen LogP contribution is -2.19. The molecule has 1 aliphatic rings. The number of benzene rings is 1. The highest BCUT2D eigenvalue weighted by molar-refractivity contribution is 5.83. The summed E-state index contributed by atoms with van der Waals surface area (Å²) in [5.41, 5.74) is 1.56. The molecule has 1 aromatic carbocycles. The fraction of sp³-hybridized carbons (Fsp3) is 0.353. The largest absolute Gasteiger partial charge is 0.382 e. The summed E-state index contributed by atoms with van der Waals surface area (Å²) in [6.07, 6.45) is 5.11. The molecule has 3 heterocycles. The molecule has 0 amide bonds. The van der Waals surface area contributed by atoms with E-state index in [0.717, 1.165) is 30.7 Å². The Morgan fingerprint density at radius 3 is 2.65 bits per heavy atom. The van der Waals surface area contributed by atoms with Crippen LogP contribution in [0.1, 0.15) is 31.9 Å². The Morgan fingerprint density at radius 1 is 1.22 bits per heavy atom. The molecule has 6 heteroatoms. The normalized spacial score (nSPS) is 14.4. The lowest BCUT2D eigenvalue weighted by molar-refractivity contribution is 0.0687. The number of rotatable bonds is 2. The van der Waals surface area contributed by atoms with Crippen LogP contribution in [0.25, 0.3) is 22.2 Å². The number of nitrogens with zero attached hydrogens (tertiary/aromatic N) is 4. The molecule has 5 nitrogen and oxygen atoms in total. The maximum atomic E-state index is 14.4. The van der Waals surface area contributed by atoms with E-state index in [9.17, 15) is 9.50 Å². The lowest BCUT2D eigenvalue weighted by Gasteiger charge is -2.15. The van der Waals surface area contributed by atoms with Gasteiger partial charge in [-0.25, -0.2) is 19.3 Å². The third kappa shape index (κ3) is 2.30. The molecule has 0 bridgehead atoms. The highest BCUT2D eigenvalue weighted by atomic mass is 19.1. The van der Waals surface area contributed by atoms with Gasteiger partial charge in [0.25, 0.3) is 0 Å². The van der Waals surface area contributed by atoms with Crippen LogP contribution in [-0.2, 0) is 18.6 Å². The maximum absolute atomic E-state index is 14.4. The van der Waals surface area contributed by atoms with Gasteiger partial charge in [-0.2, -0.15) is 0 Å². The number of imidazole rings is 1. The van der Waals surface area contributed by atoms with E-state index in [2.05, 4.69) is 19.5 Å². The number of aromatic nitrogens is 4. The van der Waals surface area contributed by atoms with Crippen LogP contribution in [-0.4, -0.2) is 24.6 Å². The van der Waals surface area contributed by atoms with Crippen molar-refractivity contribution in [3.05, 3.63) is 42.0 Å². The van der Waals surface area contributed by atoms with Crippen LogP contribution in [0, 0.1) is 5.82 Å². The second-order valence-electron chi connectivity index (χ2n) is 6.46. The van der Waals surface area contributed by atoms with Gasteiger partial charge in [-0.3, -0.25) is 0 Å². The second-order valence-corrected chi connectivity index (χ2v) is 6.46. The van der Waals surface area contributed by atoms with Crippen molar-refractivity contribution in [2.24, 2.45) is 0 Å². The number of aryl methyl sites for hydroxylation is 2. The van der Waals surface area contributed by atoms with Crippen LogP contribution in [0.15, 0.2) is 24.5 Å². The van der Waals surface area contributed by atoms with Crippen LogP contribution < -0.4 is 0 Å². The first-order valence-electron chi connectivity index (χ1n) is 7.67. The minimum atomic E-state index is -1.12. The van der Waals surface area contributed by atoms with Crippen LogP contribution in [0.5, 0.6) is 0 Å². The standard InChI is InChI=1S/C17H17FN4O/c1-17(2,23)16-19-8-10(9-20-16)11-6-14-13(7-12(11)18)21-15-4-3-5-22(14)15/h6-9,23H,3-5H2,1-2H3. The van der Waals surface area contributed by atoms with Gasteiger partial charge >= 0.3 is 0 Å². The lowest BCUT2D eigenvalue weighted by atomic mass is 10.1. The van der Waals surface area contributed by atoms with Crippen molar-refractivity contribution in [3.63, 3.8) is 0 Å². The molecular formula is C17H17FN4O. The SMILES string of the molecule is CC(C)(O)c1ncc(-c2cc3c(cc2F)nc2n3CCC2)cn1. The molecule has 0 fully saturated rings. The third-order valence-electron chi connectivity index (χ3n) is 4.21. The summed E-state index contributed by atoms with van der Waals surface area (Å²) < 4.78 is 16.6. The smallest absolute Gasteiger partial charge is 0.159 e. The Labute approximate surface area is 132 Å². The summed E-state index contributed by atoms with van der Waals surface area (Å²) in [5, 5.41) is 9.91. The Bertz CT molecular complexity index is 894. The van der Waals surface area contributed by atoms with E-state index < -0.39 is 5.60 Å². The van der Waals surface area contributed by atoms with Gasteiger partial charge in [0.1, 0.15) is 17.2 Å². The predicted octanol–water partition coefficient (Wildman–Crippen LogP) is 2.81. The molecule has 0 unspecified atom stereocenters. The van der Waals surface area contributed by atoms with E-state index in [0.29, 0.717) is 22.5 Å². The first-order chi connectivity index (χ1) is 10.9. The molecule has 4 rings (SSSR count).